The number of hydrogen-bond donors (Lipinski definition) is 0. The smallest absolute Gasteiger partial charge is 0.246 e. The van der Waals surface area contributed by atoms with Crippen LogP contribution in [0.5, 0.6) is 0 Å². The summed E-state index contributed by atoms with van der Waals surface area (Å²) in [5.41, 5.74) is 1.88. The first-order chi connectivity index (χ1) is 14.2. The number of nitrogens with zero attached hydrogens (tertiary/aromatic N) is 4. The van der Waals surface area contributed by atoms with Crippen molar-refractivity contribution in [3.05, 3.63) is 65.0 Å². The van der Waals surface area contributed by atoms with Crippen molar-refractivity contribution in [2.24, 2.45) is 0 Å². The molecule has 0 spiro atoms. The lowest BCUT2D eigenvalue weighted by Gasteiger charge is -2.20. The van der Waals surface area contributed by atoms with Crippen LogP contribution < -0.4 is 0 Å². The van der Waals surface area contributed by atoms with Gasteiger partial charge in [-0.2, -0.15) is 9.29 Å². The Morgan fingerprint density at radius 1 is 1.13 bits per heavy atom. The predicted octanol–water partition coefficient (Wildman–Crippen LogP) is 2.98. The minimum Gasteiger partial charge on any atom is -0.337 e. The third kappa shape index (κ3) is 5.05. The maximum Gasteiger partial charge on any atom is 0.246 e. The summed E-state index contributed by atoms with van der Waals surface area (Å²) in [6.45, 7) is 1.69. The molecule has 0 saturated heterocycles. The van der Waals surface area contributed by atoms with Crippen molar-refractivity contribution in [2.45, 2.75) is 18.4 Å². The Hall–Kier alpha value is -2.75. The Labute approximate surface area is 180 Å². The molecule has 0 unspecified atom stereocenters. The lowest BCUT2D eigenvalue weighted by atomic mass is 10.1. The van der Waals surface area contributed by atoms with E-state index in [2.05, 4.69) is 10.1 Å². The van der Waals surface area contributed by atoms with Crippen LogP contribution in [-0.4, -0.2) is 54.3 Å². The van der Waals surface area contributed by atoms with Gasteiger partial charge in [-0.25, -0.2) is 8.42 Å². The van der Waals surface area contributed by atoms with Crippen LogP contribution in [0.25, 0.3) is 11.4 Å². The Morgan fingerprint density at radius 2 is 1.83 bits per heavy atom. The highest BCUT2D eigenvalue weighted by atomic mass is 35.5. The first kappa shape index (κ1) is 21.9. The van der Waals surface area contributed by atoms with E-state index < -0.39 is 15.9 Å². The number of carbonyl (C=O) groups is 1. The standard InChI is InChI=1S/C20H21ClN4O4S/c1-14-5-4-6-15(11-14)20-22-18(29-23-20)12-24(2)19(26)13-25(3)30(27,28)17-9-7-16(21)8-10-17/h4-11H,12-13H2,1-3H3. The maximum absolute atomic E-state index is 12.6. The van der Waals surface area contributed by atoms with Gasteiger partial charge in [0.2, 0.25) is 27.6 Å². The molecule has 2 aromatic carbocycles. The van der Waals surface area contributed by atoms with Gasteiger partial charge >= 0.3 is 0 Å². The van der Waals surface area contributed by atoms with E-state index in [1.54, 1.807) is 7.05 Å². The minimum absolute atomic E-state index is 0.0598. The summed E-state index contributed by atoms with van der Waals surface area (Å²) in [5, 5.41) is 4.37. The van der Waals surface area contributed by atoms with E-state index in [1.807, 2.05) is 31.2 Å². The van der Waals surface area contributed by atoms with E-state index in [9.17, 15) is 13.2 Å². The average Bonchev–Trinajstić information content (AvgIpc) is 3.16. The molecule has 0 bridgehead atoms. The van der Waals surface area contributed by atoms with Crippen molar-refractivity contribution in [1.29, 1.82) is 0 Å². The van der Waals surface area contributed by atoms with Gasteiger partial charge in [-0.05, 0) is 37.3 Å². The number of carbonyl (C=O) groups excluding carboxylic acids is 1. The van der Waals surface area contributed by atoms with E-state index in [0.717, 1.165) is 15.4 Å². The van der Waals surface area contributed by atoms with Gasteiger partial charge in [-0.1, -0.05) is 40.5 Å². The number of halogens is 1. The molecule has 30 heavy (non-hydrogen) atoms. The Bertz CT molecular complexity index is 1150. The molecule has 3 aromatic rings. The predicted molar refractivity (Wildman–Crippen MR) is 112 cm³/mol. The van der Waals surface area contributed by atoms with Gasteiger partial charge in [0.05, 0.1) is 18.0 Å². The summed E-state index contributed by atoms with van der Waals surface area (Å²) in [4.78, 5) is 18.2. The number of hydrogen-bond acceptors (Lipinski definition) is 6. The van der Waals surface area contributed by atoms with E-state index in [-0.39, 0.29) is 23.9 Å². The molecule has 1 amide bonds. The van der Waals surface area contributed by atoms with Crippen LogP contribution in [0.15, 0.2) is 57.9 Å². The van der Waals surface area contributed by atoms with Crippen LogP contribution in [0.4, 0.5) is 0 Å². The molecule has 3 rings (SSSR count). The van der Waals surface area contributed by atoms with Gasteiger partial charge in [-0.15, -0.1) is 0 Å². The quantitative estimate of drug-likeness (QED) is 0.551. The maximum atomic E-state index is 12.6. The first-order valence-electron chi connectivity index (χ1n) is 9.02. The average molecular weight is 449 g/mol. The number of rotatable bonds is 7. The van der Waals surface area contributed by atoms with Crippen LogP contribution in [0.2, 0.25) is 5.02 Å². The second-order valence-corrected chi connectivity index (χ2v) is 9.33. The van der Waals surface area contributed by atoms with Gasteiger partial charge < -0.3 is 9.42 Å². The second-order valence-electron chi connectivity index (χ2n) is 6.85. The largest absolute Gasteiger partial charge is 0.337 e. The van der Waals surface area contributed by atoms with Crippen LogP contribution in [0, 0.1) is 6.92 Å². The third-order valence-corrected chi connectivity index (χ3v) is 6.49. The molecule has 0 atom stereocenters. The highest BCUT2D eigenvalue weighted by Crippen LogP contribution is 2.19. The zero-order chi connectivity index (χ0) is 21.9. The lowest BCUT2D eigenvalue weighted by Crippen LogP contribution is -2.39. The molecule has 0 radical (unpaired) electrons. The van der Waals surface area contributed by atoms with Crippen molar-refractivity contribution < 1.29 is 17.7 Å². The topological polar surface area (TPSA) is 96.6 Å². The fraction of sp³-hybridized carbons (Fsp3) is 0.250. The van der Waals surface area contributed by atoms with Gasteiger partial charge in [0.1, 0.15) is 0 Å². The summed E-state index contributed by atoms with van der Waals surface area (Å²) in [6, 6.07) is 13.4. The number of benzene rings is 2. The van der Waals surface area contributed by atoms with Gasteiger partial charge in [-0.3, -0.25) is 4.79 Å². The van der Waals surface area contributed by atoms with Crippen molar-refractivity contribution in [3.8, 4) is 11.4 Å². The molecule has 0 aliphatic carbocycles. The summed E-state index contributed by atoms with van der Waals surface area (Å²) >= 11 is 5.80. The normalized spacial score (nSPS) is 11.6. The number of amides is 1. The Balaban J connectivity index is 1.64. The highest BCUT2D eigenvalue weighted by molar-refractivity contribution is 7.89. The van der Waals surface area contributed by atoms with Gasteiger partial charge in [0.25, 0.3) is 0 Å². The van der Waals surface area contributed by atoms with Crippen molar-refractivity contribution in [1.82, 2.24) is 19.3 Å². The van der Waals surface area contributed by atoms with Gasteiger partial charge in [0.15, 0.2) is 0 Å². The molecule has 10 heteroatoms. The van der Waals surface area contributed by atoms with E-state index in [4.69, 9.17) is 16.1 Å². The first-order valence-corrected chi connectivity index (χ1v) is 10.8. The van der Waals surface area contributed by atoms with E-state index in [1.165, 1.54) is 36.2 Å². The number of likely N-dealkylation sites (N-methyl/N-ethyl adjacent to an activating group) is 2. The SMILES string of the molecule is Cc1cccc(-c2noc(CN(C)C(=O)CN(C)S(=O)(=O)c3ccc(Cl)cc3)n2)c1. The van der Waals surface area contributed by atoms with Crippen molar-refractivity contribution in [3.63, 3.8) is 0 Å². The monoisotopic (exact) mass is 448 g/mol. The summed E-state index contributed by atoms with van der Waals surface area (Å²) in [7, 11) is -0.929. The molecule has 0 aliphatic rings. The van der Waals surface area contributed by atoms with E-state index in [0.29, 0.717) is 10.8 Å². The summed E-state index contributed by atoms with van der Waals surface area (Å²) < 4.78 is 31.5. The number of sulfonamides is 1. The van der Waals surface area contributed by atoms with Crippen LogP contribution in [0.3, 0.4) is 0 Å². The molecular weight excluding hydrogens is 428 g/mol. The Kier molecular flexibility index (Phi) is 6.55. The molecular formula is C20H21ClN4O4S. The minimum atomic E-state index is -3.82. The molecule has 8 nitrogen and oxygen atoms in total. The summed E-state index contributed by atoms with van der Waals surface area (Å²) in [6.07, 6.45) is 0. The number of aromatic nitrogens is 2. The zero-order valence-corrected chi connectivity index (χ0v) is 18.3. The fourth-order valence-corrected chi connectivity index (χ4v) is 3.94. The molecule has 0 aliphatic heterocycles. The van der Waals surface area contributed by atoms with Crippen LogP contribution >= 0.6 is 11.6 Å². The molecule has 0 saturated carbocycles. The van der Waals surface area contributed by atoms with Crippen LogP contribution in [0.1, 0.15) is 11.5 Å². The van der Waals surface area contributed by atoms with Crippen LogP contribution in [-0.2, 0) is 21.4 Å². The molecule has 158 valence electrons. The van der Waals surface area contributed by atoms with Crippen molar-refractivity contribution in [2.75, 3.05) is 20.6 Å². The lowest BCUT2D eigenvalue weighted by molar-refractivity contribution is -0.130. The molecule has 1 aromatic heterocycles. The highest BCUT2D eigenvalue weighted by Gasteiger charge is 2.25. The molecule has 0 fully saturated rings. The number of aryl methyl sites for hydroxylation is 1. The second kappa shape index (κ2) is 8.95. The van der Waals surface area contributed by atoms with E-state index >= 15 is 0 Å². The third-order valence-electron chi connectivity index (χ3n) is 4.42. The summed E-state index contributed by atoms with van der Waals surface area (Å²) in [5.74, 6) is 0.271. The molecule has 1 heterocycles. The zero-order valence-electron chi connectivity index (χ0n) is 16.7. The molecule has 0 N–H and O–H groups in total. The van der Waals surface area contributed by atoms with Crippen molar-refractivity contribution >= 4 is 27.5 Å². The fourth-order valence-electron chi connectivity index (χ4n) is 2.69. The van der Waals surface area contributed by atoms with Gasteiger partial charge in [0, 0.05) is 24.7 Å². The Morgan fingerprint density at radius 3 is 2.50 bits per heavy atom.